The highest BCUT2D eigenvalue weighted by molar-refractivity contribution is 6.02. The number of hydrogen-bond donors (Lipinski definition) is 1. The van der Waals surface area contributed by atoms with Crippen LogP contribution in [0.2, 0.25) is 0 Å². The summed E-state index contributed by atoms with van der Waals surface area (Å²) < 4.78 is 0. The van der Waals surface area contributed by atoms with Gasteiger partial charge in [0.05, 0.1) is 6.42 Å². The van der Waals surface area contributed by atoms with Crippen LogP contribution in [0.3, 0.4) is 0 Å². The van der Waals surface area contributed by atoms with Crippen molar-refractivity contribution < 1.29 is 4.79 Å². The number of carbonyl (C=O) groups excluding carboxylic acids is 1. The van der Waals surface area contributed by atoms with Crippen LogP contribution in [0.1, 0.15) is 22.3 Å². The molecule has 2 nitrogen and oxygen atoms in total. The molecule has 0 bridgehead atoms. The molecule has 0 spiro atoms. The van der Waals surface area contributed by atoms with Crippen molar-refractivity contribution in [2.75, 3.05) is 5.73 Å². The number of carbonyl (C=O) groups is 1. The monoisotopic (exact) mass is 173 g/mol. The van der Waals surface area contributed by atoms with E-state index in [2.05, 4.69) is 5.92 Å². The summed E-state index contributed by atoms with van der Waals surface area (Å²) in [6.07, 6.45) is 5.15. The standard InChI is InChI=1S/C11H11NO/c1-3-4-11(13)9-7-8(2)5-6-10(9)12/h1,5-7H,4,12H2,2H3. The number of ketones is 1. The van der Waals surface area contributed by atoms with Gasteiger partial charge in [0.2, 0.25) is 0 Å². The number of rotatable bonds is 2. The molecule has 2 N–H and O–H groups in total. The summed E-state index contributed by atoms with van der Waals surface area (Å²) >= 11 is 0. The second kappa shape index (κ2) is 3.77. The normalized spacial score (nSPS) is 9.23. The number of terminal acetylenes is 1. The molecule has 13 heavy (non-hydrogen) atoms. The van der Waals surface area contributed by atoms with E-state index in [1.54, 1.807) is 12.1 Å². The zero-order chi connectivity index (χ0) is 9.84. The van der Waals surface area contributed by atoms with E-state index in [1.807, 2.05) is 13.0 Å². The van der Waals surface area contributed by atoms with Gasteiger partial charge in [-0.3, -0.25) is 4.79 Å². The van der Waals surface area contributed by atoms with Gasteiger partial charge in [-0.2, -0.15) is 0 Å². The number of aryl methyl sites for hydroxylation is 1. The maximum atomic E-state index is 11.4. The van der Waals surface area contributed by atoms with Crippen LogP contribution < -0.4 is 5.73 Å². The molecule has 1 rings (SSSR count). The Labute approximate surface area is 77.8 Å². The Morgan fingerprint density at radius 3 is 2.92 bits per heavy atom. The highest BCUT2D eigenvalue weighted by Gasteiger charge is 2.07. The predicted octanol–water partition coefficient (Wildman–Crippen LogP) is 1.78. The topological polar surface area (TPSA) is 43.1 Å². The first kappa shape index (κ1) is 9.34. The maximum absolute atomic E-state index is 11.4. The van der Waals surface area contributed by atoms with E-state index in [0.29, 0.717) is 11.3 Å². The number of anilines is 1. The second-order valence-electron chi connectivity index (χ2n) is 2.89. The molecular formula is C11H11NO. The fourth-order valence-electron chi connectivity index (χ4n) is 1.10. The Morgan fingerprint density at radius 1 is 1.62 bits per heavy atom. The number of nitrogens with two attached hydrogens (primary N) is 1. The minimum absolute atomic E-state index is 0.0938. The summed E-state index contributed by atoms with van der Waals surface area (Å²) in [6.45, 7) is 1.91. The predicted molar refractivity (Wildman–Crippen MR) is 53.4 cm³/mol. The fourth-order valence-corrected chi connectivity index (χ4v) is 1.10. The minimum atomic E-state index is -0.0938. The third kappa shape index (κ3) is 2.09. The van der Waals surface area contributed by atoms with Crippen molar-refractivity contribution in [1.82, 2.24) is 0 Å². The van der Waals surface area contributed by atoms with E-state index in [9.17, 15) is 4.79 Å². The Kier molecular flexibility index (Phi) is 2.71. The smallest absolute Gasteiger partial charge is 0.176 e. The Morgan fingerprint density at radius 2 is 2.31 bits per heavy atom. The van der Waals surface area contributed by atoms with E-state index in [4.69, 9.17) is 12.2 Å². The van der Waals surface area contributed by atoms with Crippen molar-refractivity contribution in [3.63, 3.8) is 0 Å². The van der Waals surface area contributed by atoms with Crippen LogP contribution in [0, 0.1) is 19.3 Å². The van der Waals surface area contributed by atoms with Crippen LogP contribution in [-0.2, 0) is 0 Å². The second-order valence-corrected chi connectivity index (χ2v) is 2.89. The average Bonchev–Trinajstić information content (AvgIpc) is 2.09. The van der Waals surface area contributed by atoms with Crippen LogP contribution in [0.4, 0.5) is 5.69 Å². The quantitative estimate of drug-likeness (QED) is 0.421. The van der Waals surface area contributed by atoms with Gasteiger partial charge in [-0.15, -0.1) is 6.42 Å². The van der Waals surface area contributed by atoms with Crippen LogP contribution >= 0.6 is 0 Å². The largest absolute Gasteiger partial charge is 0.398 e. The van der Waals surface area contributed by atoms with Crippen molar-refractivity contribution in [2.45, 2.75) is 13.3 Å². The molecule has 2 heteroatoms. The van der Waals surface area contributed by atoms with Gasteiger partial charge in [0.25, 0.3) is 0 Å². The first-order valence-corrected chi connectivity index (χ1v) is 3.98. The molecule has 0 unspecified atom stereocenters. The third-order valence-electron chi connectivity index (χ3n) is 1.77. The van der Waals surface area contributed by atoms with Crippen molar-refractivity contribution >= 4 is 11.5 Å². The first-order valence-electron chi connectivity index (χ1n) is 3.98. The molecule has 0 radical (unpaired) electrons. The lowest BCUT2D eigenvalue weighted by Gasteiger charge is -2.03. The van der Waals surface area contributed by atoms with Gasteiger partial charge >= 0.3 is 0 Å². The van der Waals surface area contributed by atoms with Gasteiger partial charge in [-0.05, 0) is 19.1 Å². The Hall–Kier alpha value is -1.75. The molecule has 66 valence electrons. The molecule has 1 aromatic rings. The van der Waals surface area contributed by atoms with Crippen LogP contribution in [0.5, 0.6) is 0 Å². The maximum Gasteiger partial charge on any atom is 0.176 e. The van der Waals surface area contributed by atoms with Gasteiger partial charge in [0.1, 0.15) is 0 Å². The number of nitrogen functional groups attached to an aromatic ring is 1. The lowest BCUT2D eigenvalue weighted by Crippen LogP contribution is -2.02. The molecule has 0 aliphatic heterocycles. The van der Waals surface area contributed by atoms with E-state index < -0.39 is 0 Å². The van der Waals surface area contributed by atoms with E-state index in [-0.39, 0.29) is 12.2 Å². The first-order chi connectivity index (χ1) is 6.15. The summed E-state index contributed by atoms with van der Waals surface area (Å²) in [5.74, 6) is 2.21. The zero-order valence-electron chi connectivity index (χ0n) is 7.50. The summed E-state index contributed by atoms with van der Waals surface area (Å²) in [5, 5.41) is 0. The highest BCUT2D eigenvalue weighted by atomic mass is 16.1. The zero-order valence-corrected chi connectivity index (χ0v) is 7.50. The molecule has 0 fully saturated rings. The molecule has 0 aromatic heterocycles. The fraction of sp³-hybridized carbons (Fsp3) is 0.182. The molecule has 0 saturated heterocycles. The van der Waals surface area contributed by atoms with Crippen molar-refractivity contribution in [1.29, 1.82) is 0 Å². The van der Waals surface area contributed by atoms with Crippen LogP contribution in [0.25, 0.3) is 0 Å². The molecular weight excluding hydrogens is 162 g/mol. The van der Waals surface area contributed by atoms with Gasteiger partial charge in [0, 0.05) is 11.3 Å². The van der Waals surface area contributed by atoms with Crippen molar-refractivity contribution in [2.24, 2.45) is 0 Å². The van der Waals surface area contributed by atoms with Gasteiger partial charge < -0.3 is 5.73 Å². The molecule has 0 saturated carbocycles. The lowest BCUT2D eigenvalue weighted by atomic mass is 10.0. The minimum Gasteiger partial charge on any atom is -0.398 e. The van der Waals surface area contributed by atoms with Crippen molar-refractivity contribution in [3.05, 3.63) is 29.3 Å². The third-order valence-corrected chi connectivity index (χ3v) is 1.77. The van der Waals surface area contributed by atoms with E-state index in [1.165, 1.54) is 0 Å². The van der Waals surface area contributed by atoms with Crippen molar-refractivity contribution in [3.8, 4) is 12.3 Å². The van der Waals surface area contributed by atoms with E-state index >= 15 is 0 Å². The van der Waals surface area contributed by atoms with E-state index in [0.717, 1.165) is 5.56 Å². The van der Waals surface area contributed by atoms with Gasteiger partial charge in [0.15, 0.2) is 5.78 Å². The molecule has 0 aliphatic rings. The average molecular weight is 173 g/mol. The Balaban J connectivity index is 3.07. The summed E-state index contributed by atoms with van der Waals surface area (Å²) in [6, 6.07) is 5.34. The molecule has 0 amide bonds. The number of hydrogen-bond acceptors (Lipinski definition) is 2. The Bertz CT molecular complexity index is 374. The number of Topliss-reactive ketones (excluding diaryl/α,β-unsaturated/α-hetero) is 1. The van der Waals surface area contributed by atoms with Gasteiger partial charge in [-0.1, -0.05) is 17.6 Å². The SMILES string of the molecule is C#CCC(=O)c1cc(C)ccc1N. The highest BCUT2D eigenvalue weighted by Crippen LogP contribution is 2.15. The summed E-state index contributed by atoms with van der Waals surface area (Å²) in [7, 11) is 0. The van der Waals surface area contributed by atoms with Crippen LogP contribution in [-0.4, -0.2) is 5.78 Å². The molecule has 1 aromatic carbocycles. The summed E-state index contributed by atoms with van der Waals surface area (Å²) in [4.78, 5) is 11.4. The summed E-state index contributed by atoms with van der Waals surface area (Å²) in [5.41, 5.74) is 7.66. The van der Waals surface area contributed by atoms with Gasteiger partial charge in [-0.25, -0.2) is 0 Å². The molecule has 0 atom stereocenters. The van der Waals surface area contributed by atoms with Crippen LogP contribution in [0.15, 0.2) is 18.2 Å². The molecule has 0 heterocycles. The number of benzene rings is 1. The lowest BCUT2D eigenvalue weighted by molar-refractivity contribution is 0.0999. The molecule has 0 aliphatic carbocycles.